The minimum Gasteiger partial charge on any atom is -0.356 e. The van der Waals surface area contributed by atoms with Crippen molar-refractivity contribution in [2.45, 2.75) is 39.0 Å². The van der Waals surface area contributed by atoms with E-state index in [1.54, 1.807) is 0 Å². The molecular formula is C14H22N2O. The van der Waals surface area contributed by atoms with Gasteiger partial charge in [-0.3, -0.25) is 9.69 Å². The number of amides is 1. The first-order chi connectivity index (χ1) is 8.24. The number of likely N-dealkylation sites (tertiary alicyclic amines) is 1. The van der Waals surface area contributed by atoms with Crippen molar-refractivity contribution in [3.05, 3.63) is 0 Å². The van der Waals surface area contributed by atoms with Gasteiger partial charge in [-0.1, -0.05) is 12.8 Å². The van der Waals surface area contributed by atoms with E-state index in [0.717, 1.165) is 45.4 Å². The first-order valence-electron chi connectivity index (χ1n) is 6.69. The van der Waals surface area contributed by atoms with Crippen molar-refractivity contribution in [2.24, 2.45) is 5.41 Å². The average molecular weight is 234 g/mol. The number of piperidine rings is 2. The number of hydrogen-bond donors (Lipinski definition) is 1. The van der Waals surface area contributed by atoms with Crippen molar-refractivity contribution in [3.63, 3.8) is 0 Å². The molecule has 1 spiro atoms. The van der Waals surface area contributed by atoms with E-state index in [0.29, 0.717) is 5.41 Å². The SMILES string of the molecule is CCC#CCN1CCC2(CCC(=O)NC2)CC1. The lowest BCUT2D eigenvalue weighted by Gasteiger charge is -2.43. The highest BCUT2D eigenvalue weighted by molar-refractivity contribution is 5.76. The number of hydrogen-bond acceptors (Lipinski definition) is 2. The van der Waals surface area contributed by atoms with Gasteiger partial charge in [-0.05, 0) is 37.8 Å². The molecule has 1 N–H and O–H groups in total. The highest BCUT2D eigenvalue weighted by atomic mass is 16.1. The average Bonchev–Trinajstić information content (AvgIpc) is 2.36. The molecule has 0 saturated carbocycles. The molecule has 2 aliphatic rings. The van der Waals surface area contributed by atoms with Gasteiger partial charge in [0.1, 0.15) is 0 Å². The Balaban J connectivity index is 1.79. The van der Waals surface area contributed by atoms with Crippen LogP contribution in [0.3, 0.4) is 0 Å². The Bertz CT molecular complexity index is 320. The summed E-state index contributed by atoms with van der Waals surface area (Å²) in [5, 5.41) is 3.02. The second-order valence-electron chi connectivity index (χ2n) is 5.26. The monoisotopic (exact) mass is 234 g/mol. The molecule has 0 aromatic heterocycles. The molecule has 0 aliphatic carbocycles. The summed E-state index contributed by atoms with van der Waals surface area (Å²) in [6.45, 7) is 6.15. The lowest BCUT2D eigenvalue weighted by molar-refractivity contribution is -0.125. The van der Waals surface area contributed by atoms with Crippen LogP contribution in [0.1, 0.15) is 39.0 Å². The van der Waals surface area contributed by atoms with Crippen LogP contribution in [0.5, 0.6) is 0 Å². The van der Waals surface area contributed by atoms with Crippen LogP contribution in [0.25, 0.3) is 0 Å². The molecular weight excluding hydrogens is 212 g/mol. The second kappa shape index (κ2) is 5.55. The zero-order valence-corrected chi connectivity index (χ0v) is 10.7. The Morgan fingerprint density at radius 3 is 2.65 bits per heavy atom. The molecule has 0 atom stereocenters. The van der Waals surface area contributed by atoms with Gasteiger partial charge >= 0.3 is 0 Å². The maximum Gasteiger partial charge on any atom is 0.220 e. The van der Waals surface area contributed by atoms with Gasteiger partial charge in [0, 0.05) is 19.4 Å². The van der Waals surface area contributed by atoms with E-state index in [9.17, 15) is 4.79 Å². The zero-order valence-electron chi connectivity index (χ0n) is 10.7. The summed E-state index contributed by atoms with van der Waals surface area (Å²) in [4.78, 5) is 13.6. The molecule has 1 amide bonds. The van der Waals surface area contributed by atoms with E-state index in [1.807, 2.05) is 0 Å². The zero-order chi connectivity index (χ0) is 12.1. The molecule has 2 saturated heterocycles. The second-order valence-corrected chi connectivity index (χ2v) is 5.26. The maximum atomic E-state index is 11.2. The largest absolute Gasteiger partial charge is 0.356 e. The molecule has 3 nitrogen and oxygen atoms in total. The lowest BCUT2D eigenvalue weighted by Crippen LogP contribution is -2.49. The van der Waals surface area contributed by atoms with Gasteiger partial charge in [-0.2, -0.15) is 0 Å². The van der Waals surface area contributed by atoms with E-state index in [4.69, 9.17) is 0 Å². The van der Waals surface area contributed by atoms with Crippen LogP contribution in [-0.4, -0.2) is 37.0 Å². The fourth-order valence-corrected chi connectivity index (χ4v) is 2.75. The lowest BCUT2D eigenvalue weighted by atomic mass is 9.73. The molecule has 2 rings (SSSR count). The Morgan fingerprint density at radius 2 is 2.06 bits per heavy atom. The van der Waals surface area contributed by atoms with Crippen LogP contribution in [0, 0.1) is 17.3 Å². The number of carbonyl (C=O) groups excluding carboxylic acids is 1. The highest BCUT2D eigenvalue weighted by Crippen LogP contribution is 2.37. The molecule has 2 aliphatic heterocycles. The third kappa shape index (κ3) is 3.23. The van der Waals surface area contributed by atoms with Crippen LogP contribution in [-0.2, 0) is 4.79 Å². The van der Waals surface area contributed by atoms with Crippen LogP contribution < -0.4 is 5.32 Å². The van der Waals surface area contributed by atoms with Crippen molar-refractivity contribution in [1.29, 1.82) is 0 Å². The van der Waals surface area contributed by atoms with Crippen LogP contribution in [0.4, 0.5) is 0 Å². The molecule has 0 aromatic rings. The summed E-state index contributed by atoms with van der Waals surface area (Å²) in [7, 11) is 0. The van der Waals surface area contributed by atoms with Gasteiger partial charge in [0.2, 0.25) is 5.91 Å². The summed E-state index contributed by atoms with van der Waals surface area (Å²) in [5.74, 6) is 6.56. The van der Waals surface area contributed by atoms with E-state index in [-0.39, 0.29) is 5.91 Å². The third-order valence-corrected chi connectivity index (χ3v) is 4.06. The smallest absolute Gasteiger partial charge is 0.220 e. The van der Waals surface area contributed by atoms with Crippen molar-refractivity contribution < 1.29 is 4.79 Å². The molecule has 17 heavy (non-hydrogen) atoms. The van der Waals surface area contributed by atoms with E-state index >= 15 is 0 Å². The summed E-state index contributed by atoms with van der Waals surface area (Å²) in [5.41, 5.74) is 0.391. The first kappa shape index (κ1) is 12.4. The van der Waals surface area contributed by atoms with E-state index in [2.05, 4.69) is 29.0 Å². The van der Waals surface area contributed by atoms with Crippen LogP contribution in [0.15, 0.2) is 0 Å². The molecule has 0 bridgehead atoms. The van der Waals surface area contributed by atoms with Crippen molar-refractivity contribution in [3.8, 4) is 11.8 Å². The predicted octanol–water partition coefficient (Wildman–Crippen LogP) is 1.39. The molecule has 2 heterocycles. The number of rotatable bonds is 1. The molecule has 94 valence electrons. The maximum absolute atomic E-state index is 11.2. The van der Waals surface area contributed by atoms with Gasteiger partial charge in [-0.15, -0.1) is 5.92 Å². The Morgan fingerprint density at radius 1 is 1.29 bits per heavy atom. The highest BCUT2D eigenvalue weighted by Gasteiger charge is 2.37. The van der Waals surface area contributed by atoms with Crippen molar-refractivity contribution >= 4 is 5.91 Å². The summed E-state index contributed by atoms with van der Waals surface area (Å²) in [6.07, 6.45) is 5.16. The van der Waals surface area contributed by atoms with Gasteiger partial charge in [0.25, 0.3) is 0 Å². The number of nitrogens with zero attached hydrogens (tertiary/aromatic N) is 1. The van der Waals surface area contributed by atoms with Gasteiger partial charge in [0.15, 0.2) is 0 Å². The molecule has 0 radical (unpaired) electrons. The van der Waals surface area contributed by atoms with Crippen molar-refractivity contribution in [2.75, 3.05) is 26.2 Å². The van der Waals surface area contributed by atoms with E-state index < -0.39 is 0 Å². The van der Waals surface area contributed by atoms with Crippen molar-refractivity contribution in [1.82, 2.24) is 10.2 Å². The van der Waals surface area contributed by atoms with Gasteiger partial charge in [0.05, 0.1) is 6.54 Å². The number of carbonyl (C=O) groups is 1. The minimum atomic E-state index is 0.229. The normalized spacial score (nSPS) is 23.9. The Hall–Kier alpha value is -1.01. The molecule has 0 unspecified atom stereocenters. The quantitative estimate of drug-likeness (QED) is 0.695. The summed E-state index contributed by atoms with van der Waals surface area (Å²) >= 11 is 0. The first-order valence-corrected chi connectivity index (χ1v) is 6.69. The standard InChI is InChI=1S/C14H22N2O/c1-2-3-4-9-16-10-7-14(8-11-16)6-5-13(17)15-12-14/h2,5-12H2,1H3,(H,15,17). The van der Waals surface area contributed by atoms with Crippen LogP contribution in [0.2, 0.25) is 0 Å². The van der Waals surface area contributed by atoms with E-state index in [1.165, 1.54) is 12.8 Å². The van der Waals surface area contributed by atoms with Gasteiger partial charge < -0.3 is 5.32 Å². The Labute approximate surface area is 104 Å². The van der Waals surface area contributed by atoms with Gasteiger partial charge in [-0.25, -0.2) is 0 Å². The molecule has 0 aromatic carbocycles. The minimum absolute atomic E-state index is 0.229. The third-order valence-electron chi connectivity index (χ3n) is 4.06. The summed E-state index contributed by atoms with van der Waals surface area (Å²) in [6, 6.07) is 0. The Kier molecular flexibility index (Phi) is 4.06. The topological polar surface area (TPSA) is 32.3 Å². The predicted molar refractivity (Wildman–Crippen MR) is 68.4 cm³/mol. The fraction of sp³-hybridized carbons (Fsp3) is 0.786. The molecule has 2 fully saturated rings. The molecule has 3 heteroatoms. The summed E-state index contributed by atoms with van der Waals surface area (Å²) < 4.78 is 0. The number of nitrogens with one attached hydrogen (secondary N) is 1. The van der Waals surface area contributed by atoms with Crippen LogP contribution >= 0.6 is 0 Å². The fourth-order valence-electron chi connectivity index (χ4n) is 2.75.